The second kappa shape index (κ2) is 5.99. The van der Waals surface area contributed by atoms with Gasteiger partial charge in [-0.25, -0.2) is 0 Å². The van der Waals surface area contributed by atoms with Gasteiger partial charge in [0.1, 0.15) is 12.3 Å². The Morgan fingerprint density at radius 1 is 1.15 bits per heavy atom. The van der Waals surface area contributed by atoms with Crippen LogP contribution in [-0.2, 0) is 21.5 Å². The predicted molar refractivity (Wildman–Crippen MR) is 101 cm³/mol. The monoisotopic (exact) mass is 367 g/mol. The van der Waals surface area contributed by atoms with E-state index in [0.29, 0.717) is 17.9 Å². The van der Waals surface area contributed by atoms with Gasteiger partial charge >= 0.3 is 5.97 Å². The quantitative estimate of drug-likeness (QED) is 0.746. The first-order valence-electron chi connectivity index (χ1n) is 8.50. The van der Waals surface area contributed by atoms with Gasteiger partial charge in [-0.05, 0) is 36.2 Å². The number of benzene rings is 2. The molecule has 0 amide bonds. The molecule has 1 aliphatic rings. The van der Waals surface area contributed by atoms with Crippen LogP contribution in [-0.4, -0.2) is 21.4 Å². The van der Waals surface area contributed by atoms with Crippen molar-refractivity contribution in [1.82, 2.24) is 4.57 Å². The Labute approximate surface area is 156 Å². The fourth-order valence-corrected chi connectivity index (χ4v) is 4.42. The molecule has 0 spiro atoms. The first-order valence-corrected chi connectivity index (χ1v) is 8.88. The molecule has 4 rings (SSSR count). The van der Waals surface area contributed by atoms with Crippen molar-refractivity contribution in [2.45, 2.75) is 31.7 Å². The van der Waals surface area contributed by atoms with E-state index >= 15 is 0 Å². The van der Waals surface area contributed by atoms with Crippen LogP contribution in [0.15, 0.2) is 48.5 Å². The minimum absolute atomic E-state index is 0.100. The molecule has 1 N–H and O–H groups in total. The van der Waals surface area contributed by atoms with Crippen molar-refractivity contribution in [1.29, 1.82) is 0 Å². The number of rotatable bonds is 4. The minimum Gasteiger partial charge on any atom is -0.480 e. The molecule has 1 saturated carbocycles. The van der Waals surface area contributed by atoms with Crippen molar-refractivity contribution in [3.05, 3.63) is 70.4 Å². The summed E-state index contributed by atoms with van der Waals surface area (Å²) in [5, 5.41) is 11.0. The van der Waals surface area contributed by atoms with E-state index in [2.05, 4.69) is 0 Å². The van der Waals surface area contributed by atoms with E-state index in [1.807, 2.05) is 60.0 Å². The number of aliphatic carboxylic acids is 1. The van der Waals surface area contributed by atoms with Crippen LogP contribution >= 0.6 is 11.6 Å². The smallest absolute Gasteiger partial charge is 0.323 e. The number of hydrogen-bond acceptors (Lipinski definition) is 2. The molecule has 1 heterocycles. The van der Waals surface area contributed by atoms with Gasteiger partial charge in [0.15, 0.2) is 0 Å². The van der Waals surface area contributed by atoms with Crippen LogP contribution in [0.3, 0.4) is 0 Å². The number of nitrogens with zero attached hydrogens (tertiary/aromatic N) is 1. The molecule has 1 aromatic heterocycles. The van der Waals surface area contributed by atoms with E-state index in [0.717, 1.165) is 27.7 Å². The van der Waals surface area contributed by atoms with Crippen LogP contribution in [0, 0.1) is 6.92 Å². The van der Waals surface area contributed by atoms with Gasteiger partial charge in [-0.1, -0.05) is 41.9 Å². The average molecular weight is 368 g/mol. The van der Waals surface area contributed by atoms with Gasteiger partial charge in [-0.3, -0.25) is 9.59 Å². The average Bonchev–Trinajstić information content (AvgIpc) is 2.85. The fraction of sp³-hybridized carbons (Fsp3) is 0.238. The molecule has 0 saturated heterocycles. The third-order valence-electron chi connectivity index (χ3n) is 5.40. The molecular formula is C21H18ClNO3. The Bertz CT molecular complexity index is 1030. The highest BCUT2D eigenvalue weighted by atomic mass is 35.5. The maximum Gasteiger partial charge on any atom is 0.323 e. The third kappa shape index (κ3) is 2.44. The Morgan fingerprint density at radius 2 is 1.81 bits per heavy atom. The molecule has 0 radical (unpaired) electrons. The Balaban J connectivity index is 1.99. The van der Waals surface area contributed by atoms with Crippen molar-refractivity contribution in [2.24, 2.45) is 0 Å². The second-order valence-corrected chi connectivity index (χ2v) is 7.38. The molecule has 0 atom stereocenters. The van der Waals surface area contributed by atoms with Gasteiger partial charge in [-0.2, -0.15) is 0 Å². The number of Topliss-reactive ketones (excluding diaryl/α,β-unsaturated/α-hetero) is 1. The van der Waals surface area contributed by atoms with E-state index in [1.165, 1.54) is 0 Å². The summed E-state index contributed by atoms with van der Waals surface area (Å²) >= 11 is 6.05. The van der Waals surface area contributed by atoms with E-state index in [-0.39, 0.29) is 12.3 Å². The van der Waals surface area contributed by atoms with Crippen molar-refractivity contribution in [2.75, 3.05) is 0 Å². The van der Waals surface area contributed by atoms with Crippen molar-refractivity contribution < 1.29 is 14.7 Å². The van der Waals surface area contributed by atoms with Crippen molar-refractivity contribution in [3.8, 4) is 0 Å². The van der Waals surface area contributed by atoms with E-state index in [1.54, 1.807) is 0 Å². The SMILES string of the molecule is Cc1c(C2(c3ccc(Cl)cc3)CC(=O)C2)c2ccccc2n1CC(=O)O. The lowest BCUT2D eigenvalue weighted by molar-refractivity contribution is -0.137. The zero-order valence-corrected chi connectivity index (χ0v) is 15.1. The Kier molecular flexibility index (Phi) is 3.88. The zero-order valence-electron chi connectivity index (χ0n) is 14.3. The molecule has 2 aromatic carbocycles. The van der Waals surface area contributed by atoms with Crippen LogP contribution in [0.2, 0.25) is 5.02 Å². The first-order chi connectivity index (χ1) is 12.4. The van der Waals surface area contributed by atoms with Gasteiger partial charge in [-0.15, -0.1) is 0 Å². The molecular weight excluding hydrogens is 350 g/mol. The minimum atomic E-state index is -0.884. The summed E-state index contributed by atoms with van der Waals surface area (Å²) in [6.07, 6.45) is 0.854. The molecule has 0 bridgehead atoms. The number of ketones is 1. The summed E-state index contributed by atoms with van der Waals surface area (Å²) in [5.41, 5.74) is 3.46. The largest absolute Gasteiger partial charge is 0.480 e. The van der Waals surface area contributed by atoms with E-state index < -0.39 is 11.4 Å². The summed E-state index contributed by atoms with van der Waals surface area (Å²) in [7, 11) is 0. The number of halogens is 1. The maximum atomic E-state index is 12.0. The Morgan fingerprint density at radius 3 is 2.42 bits per heavy atom. The highest BCUT2D eigenvalue weighted by molar-refractivity contribution is 6.30. The molecule has 5 heteroatoms. The van der Waals surface area contributed by atoms with Gasteiger partial charge in [0, 0.05) is 39.9 Å². The number of fused-ring (bicyclic) bond motifs is 1. The lowest BCUT2D eigenvalue weighted by atomic mass is 9.59. The van der Waals surface area contributed by atoms with Crippen molar-refractivity contribution >= 4 is 34.3 Å². The molecule has 4 nitrogen and oxygen atoms in total. The molecule has 3 aromatic rings. The lowest BCUT2D eigenvalue weighted by Crippen LogP contribution is -2.43. The number of hydrogen-bond donors (Lipinski definition) is 1. The number of para-hydroxylation sites is 1. The van der Waals surface area contributed by atoms with Crippen LogP contribution in [0.25, 0.3) is 10.9 Å². The predicted octanol–water partition coefficient (Wildman–Crippen LogP) is 4.34. The van der Waals surface area contributed by atoms with Gasteiger partial charge in [0.05, 0.1) is 0 Å². The standard InChI is InChI=1S/C21H18ClNO3/c1-13-20(17-4-2-3-5-18(17)23(13)12-19(25)26)21(10-16(24)11-21)14-6-8-15(22)9-7-14/h2-9H,10-12H2,1H3,(H,25,26). The van der Waals surface area contributed by atoms with Crippen LogP contribution in [0.4, 0.5) is 0 Å². The molecule has 26 heavy (non-hydrogen) atoms. The summed E-state index contributed by atoms with van der Waals surface area (Å²) in [5.74, 6) is -0.667. The summed E-state index contributed by atoms with van der Waals surface area (Å²) in [6, 6.07) is 15.4. The third-order valence-corrected chi connectivity index (χ3v) is 5.65. The van der Waals surface area contributed by atoms with E-state index in [9.17, 15) is 14.7 Å². The number of carbonyl (C=O) groups is 2. The summed E-state index contributed by atoms with van der Waals surface area (Å²) < 4.78 is 1.83. The molecule has 0 unspecified atom stereocenters. The van der Waals surface area contributed by atoms with Gasteiger partial charge < -0.3 is 9.67 Å². The number of carboxylic acids is 1. The van der Waals surface area contributed by atoms with E-state index in [4.69, 9.17) is 11.6 Å². The first kappa shape index (κ1) is 16.9. The topological polar surface area (TPSA) is 59.3 Å². The number of aromatic nitrogens is 1. The normalized spacial score (nSPS) is 15.8. The molecule has 1 aliphatic carbocycles. The molecule has 132 valence electrons. The zero-order chi connectivity index (χ0) is 18.5. The second-order valence-electron chi connectivity index (χ2n) is 6.94. The molecule has 0 aliphatic heterocycles. The number of carboxylic acid groups (broad SMARTS) is 1. The lowest BCUT2D eigenvalue weighted by Gasteiger charge is -2.42. The highest BCUT2D eigenvalue weighted by Gasteiger charge is 2.48. The summed E-state index contributed by atoms with van der Waals surface area (Å²) in [6.45, 7) is 1.84. The molecule has 1 fully saturated rings. The van der Waals surface area contributed by atoms with Gasteiger partial charge in [0.2, 0.25) is 0 Å². The van der Waals surface area contributed by atoms with Crippen LogP contribution in [0.1, 0.15) is 29.7 Å². The van der Waals surface area contributed by atoms with Crippen LogP contribution in [0.5, 0.6) is 0 Å². The maximum absolute atomic E-state index is 12.0. The fourth-order valence-electron chi connectivity index (χ4n) is 4.29. The highest BCUT2D eigenvalue weighted by Crippen LogP contribution is 2.51. The van der Waals surface area contributed by atoms with Gasteiger partial charge in [0.25, 0.3) is 0 Å². The van der Waals surface area contributed by atoms with Crippen LogP contribution < -0.4 is 0 Å². The Hall–Kier alpha value is -2.59. The van der Waals surface area contributed by atoms with Crippen molar-refractivity contribution in [3.63, 3.8) is 0 Å². The number of carbonyl (C=O) groups excluding carboxylic acids is 1. The summed E-state index contributed by atoms with van der Waals surface area (Å²) in [4.78, 5) is 23.4.